The fraction of sp³-hybridized carbons (Fsp3) is 0.868. The van der Waals surface area contributed by atoms with Crippen LogP contribution in [0.5, 0.6) is 0 Å². The molecule has 0 aromatic carbocycles. The van der Waals surface area contributed by atoms with Crippen molar-refractivity contribution in [2.75, 3.05) is 6.61 Å². The van der Waals surface area contributed by atoms with E-state index in [2.05, 4.69) is 46.8 Å². The van der Waals surface area contributed by atoms with Crippen molar-refractivity contribution in [2.24, 2.45) is 62.6 Å². The summed E-state index contributed by atoms with van der Waals surface area (Å²) in [6.07, 6.45) is 11.3. The number of carbonyl (C=O) groups excluding carboxylic acids is 1. The second-order valence-electron chi connectivity index (χ2n) is 18.2. The Morgan fingerprint density at radius 2 is 1.76 bits per heavy atom. The number of ether oxygens (including phenoxy) is 3. The Balaban J connectivity index is 1.09. The second-order valence-corrected chi connectivity index (χ2v) is 18.2. The number of fused-ring (bicyclic) bond motifs is 2. The van der Waals surface area contributed by atoms with E-state index >= 15 is 0 Å². The molecule has 5 fully saturated rings. The van der Waals surface area contributed by atoms with E-state index in [-0.39, 0.29) is 40.5 Å². The van der Waals surface area contributed by atoms with Crippen LogP contribution < -0.4 is 0 Å². The minimum Gasteiger partial charge on any atom is -0.494 e. The molecule has 0 unspecified atom stereocenters. The highest BCUT2D eigenvalue weighted by atomic mass is 16.7. The summed E-state index contributed by atoms with van der Waals surface area (Å²) in [5.74, 6) is 3.00. The number of aldehydes is 1. The largest absolute Gasteiger partial charge is 0.494 e. The van der Waals surface area contributed by atoms with Gasteiger partial charge in [0, 0.05) is 23.2 Å². The Kier molecular flexibility index (Phi) is 6.53. The van der Waals surface area contributed by atoms with Crippen molar-refractivity contribution in [1.29, 1.82) is 0 Å². The highest BCUT2D eigenvalue weighted by Crippen LogP contribution is 2.93. The van der Waals surface area contributed by atoms with E-state index in [9.17, 15) is 20.1 Å². The first-order valence-electron chi connectivity index (χ1n) is 18.0. The zero-order valence-electron chi connectivity index (χ0n) is 28.4. The van der Waals surface area contributed by atoms with Crippen molar-refractivity contribution >= 4 is 6.29 Å². The van der Waals surface area contributed by atoms with Crippen molar-refractivity contribution in [2.45, 2.75) is 136 Å². The lowest BCUT2D eigenvalue weighted by molar-refractivity contribution is -0.281. The van der Waals surface area contributed by atoms with Crippen LogP contribution in [0.4, 0.5) is 0 Å². The minimum atomic E-state index is -1.16. The van der Waals surface area contributed by atoms with Crippen molar-refractivity contribution < 1.29 is 34.3 Å². The zero-order chi connectivity index (χ0) is 32.1. The van der Waals surface area contributed by atoms with E-state index in [1.54, 1.807) is 5.57 Å². The first kappa shape index (κ1) is 31.0. The SMILES string of the molecule is C[C@H]1[C@@]23CC[C@]4(C)C5=C(O[C@@H](CC(C)(C)O)C[C@H]5C)[C@@H]5C=C[C@@]54[C@@H]2CC[C@H]2C(C)(C)[C@@H](O[C@@H]4OC[C@H](O)[C@H](O)[C@H]4C=O)CC[C@@]123. The molecule has 250 valence electrons. The average molecular weight is 625 g/mol. The van der Waals surface area contributed by atoms with Gasteiger partial charge in [-0.3, -0.25) is 0 Å². The number of allylic oxidation sites excluding steroid dienone is 3. The molecule has 1 saturated heterocycles. The lowest BCUT2D eigenvalue weighted by Crippen LogP contribution is -2.61. The van der Waals surface area contributed by atoms with Gasteiger partial charge in [-0.1, -0.05) is 46.8 Å². The second kappa shape index (κ2) is 9.46. The first-order valence-corrected chi connectivity index (χ1v) is 18.0. The van der Waals surface area contributed by atoms with Gasteiger partial charge in [0.2, 0.25) is 0 Å². The van der Waals surface area contributed by atoms with Gasteiger partial charge in [0.05, 0.1) is 30.3 Å². The Morgan fingerprint density at radius 3 is 2.42 bits per heavy atom. The third-order valence-corrected chi connectivity index (χ3v) is 15.8. The summed E-state index contributed by atoms with van der Waals surface area (Å²) < 4.78 is 19.4. The molecule has 8 rings (SSSR count). The molecule has 45 heavy (non-hydrogen) atoms. The summed E-state index contributed by atoms with van der Waals surface area (Å²) in [5.41, 5.74) is 1.59. The molecule has 3 spiro atoms. The highest BCUT2D eigenvalue weighted by molar-refractivity contribution is 5.56. The summed E-state index contributed by atoms with van der Waals surface area (Å²) in [7, 11) is 0. The standard InChI is InChI=1S/C38H56O7/c1-20-16-22(17-33(3,4)42)44-31-24-10-12-38(24)27-9-8-26-34(5,6)28(45-32-23(18-39)30(41)25(40)19-43-32)11-13-36(26)21(2)37(27,36)15-14-35(38,7)29(20)31/h10,12,18,20-28,30,32,40-42H,8-9,11,13-17,19H2,1-7H3/t20-,21-,22-,23-,24+,25+,26+,27-,28+,30-,32+,35-,36-,37+,38+/m1/s1. The summed E-state index contributed by atoms with van der Waals surface area (Å²) in [5, 5.41) is 31.2. The molecule has 0 radical (unpaired) electrons. The molecule has 2 aliphatic heterocycles. The van der Waals surface area contributed by atoms with Gasteiger partial charge in [0.15, 0.2) is 6.29 Å². The lowest BCUT2D eigenvalue weighted by Gasteiger charge is -2.66. The van der Waals surface area contributed by atoms with E-state index in [4.69, 9.17) is 14.2 Å². The maximum atomic E-state index is 11.9. The van der Waals surface area contributed by atoms with Gasteiger partial charge in [-0.05, 0) is 104 Å². The number of hydrogen-bond donors (Lipinski definition) is 3. The van der Waals surface area contributed by atoms with E-state index in [1.165, 1.54) is 31.4 Å². The molecule has 3 N–H and O–H groups in total. The molecule has 0 aromatic heterocycles. The van der Waals surface area contributed by atoms with Crippen LogP contribution in [0.2, 0.25) is 0 Å². The normalized spacial score (nSPS) is 55.6. The lowest BCUT2D eigenvalue weighted by atomic mass is 9.38. The van der Waals surface area contributed by atoms with Gasteiger partial charge in [-0.25, -0.2) is 0 Å². The number of carbonyl (C=O) groups is 1. The molecule has 4 saturated carbocycles. The van der Waals surface area contributed by atoms with Crippen LogP contribution in [-0.2, 0) is 19.0 Å². The quantitative estimate of drug-likeness (QED) is 0.209. The summed E-state index contributed by atoms with van der Waals surface area (Å²) in [6.45, 7) is 16.1. The van der Waals surface area contributed by atoms with Crippen LogP contribution in [0, 0.1) is 62.6 Å². The molecule has 0 amide bonds. The van der Waals surface area contributed by atoms with Crippen LogP contribution >= 0.6 is 0 Å². The molecule has 6 aliphatic carbocycles. The van der Waals surface area contributed by atoms with Crippen molar-refractivity contribution in [3.8, 4) is 0 Å². The van der Waals surface area contributed by atoms with Gasteiger partial charge in [-0.2, -0.15) is 0 Å². The van der Waals surface area contributed by atoms with Crippen LogP contribution in [-0.4, -0.2) is 64.5 Å². The van der Waals surface area contributed by atoms with E-state index in [0.29, 0.717) is 47.7 Å². The molecular weight excluding hydrogens is 568 g/mol. The predicted molar refractivity (Wildman–Crippen MR) is 168 cm³/mol. The first-order chi connectivity index (χ1) is 21.1. The Hall–Kier alpha value is -1.25. The summed E-state index contributed by atoms with van der Waals surface area (Å²) >= 11 is 0. The van der Waals surface area contributed by atoms with Gasteiger partial charge >= 0.3 is 0 Å². The number of aliphatic hydroxyl groups excluding tert-OH is 2. The van der Waals surface area contributed by atoms with E-state index in [0.717, 1.165) is 19.3 Å². The molecule has 15 atom stereocenters. The van der Waals surface area contributed by atoms with Crippen molar-refractivity contribution in [1.82, 2.24) is 0 Å². The Bertz CT molecular complexity index is 1330. The van der Waals surface area contributed by atoms with Gasteiger partial charge < -0.3 is 34.3 Å². The molecule has 7 nitrogen and oxygen atoms in total. The number of aliphatic hydroxyl groups is 3. The molecular formula is C38H56O7. The third-order valence-electron chi connectivity index (χ3n) is 15.8. The average Bonchev–Trinajstić information content (AvgIpc) is 3.41. The predicted octanol–water partition coefficient (Wildman–Crippen LogP) is 5.56. The van der Waals surface area contributed by atoms with E-state index < -0.39 is 30.0 Å². The molecule has 0 aromatic rings. The fourth-order valence-electron chi connectivity index (χ4n) is 14.2. The van der Waals surface area contributed by atoms with Crippen LogP contribution in [0.1, 0.15) is 99.8 Å². The summed E-state index contributed by atoms with van der Waals surface area (Å²) in [4.78, 5) is 11.9. The van der Waals surface area contributed by atoms with Crippen LogP contribution in [0.25, 0.3) is 0 Å². The topological polar surface area (TPSA) is 105 Å². The Labute approximate surface area is 269 Å². The number of rotatable bonds is 5. The zero-order valence-corrected chi connectivity index (χ0v) is 28.4. The fourth-order valence-corrected chi connectivity index (χ4v) is 14.2. The van der Waals surface area contributed by atoms with Crippen LogP contribution in [0.15, 0.2) is 23.5 Å². The smallest absolute Gasteiger partial charge is 0.170 e. The highest BCUT2D eigenvalue weighted by Gasteiger charge is 2.88. The molecule has 0 bridgehead atoms. The summed E-state index contributed by atoms with van der Waals surface area (Å²) in [6, 6.07) is 0. The maximum Gasteiger partial charge on any atom is 0.170 e. The third kappa shape index (κ3) is 3.58. The number of hydrogen-bond acceptors (Lipinski definition) is 7. The van der Waals surface area contributed by atoms with Gasteiger partial charge in [-0.15, -0.1) is 0 Å². The molecule has 8 aliphatic rings. The molecule has 2 heterocycles. The van der Waals surface area contributed by atoms with Gasteiger partial charge in [0.1, 0.15) is 24.3 Å². The Morgan fingerprint density at radius 1 is 1.04 bits per heavy atom. The van der Waals surface area contributed by atoms with E-state index in [1.807, 2.05) is 13.8 Å². The van der Waals surface area contributed by atoms with Crippen molar-refractivity contribution in [3.05, 3.63) is 23.5 Å². The monoisotopic (exact) mass is 624 g/mol. The van der Waals surface area contributed by atoms with Crippen LogP contribution in [0.3, 0.4) is 0 Å². The minimum absolute atomic E-state index is 0.0209. The van der Waals surface area contributed by atoms with Gasteiger partial charge in [0.25, 0.3) is 0 Å². The van der Waals surface area contributed by atoms with Crippen molar-refractivity contribution in [3.63, 3.8) is 0 Å². The molecule has 7 heteroatoms. The maximum absolute atomic E-state index is 11.9.